The lowest BCUT2D eigenvalue weighted by Crippen LogP contribution is -2.10. The molecule has 0 saturated carbocycles. The third-order valence-corrected chi connectivity index (χ3v) is 1.97. The molecule has 1 aromatic carbocycles. The van der Waals surface area contributed by atoms with Crippen molar-refractivity contribution in [3.8, 4) is 5.75 Å². The second kappa shape index (κ2) is 6.40. The van der Waals surface area contributed by atoms with Crippen LogP contribution in [0.4, 0.5) is 0 Å². The van der Waals surface area contributed by atoms with Crippen LogP contribution in [0, 0.1) is 0 Å². The lowest BCUT2D eigenvalue weighted by Gasteiger charge is -2.07. The monoisotopic (exact) mass is 195 g/mol. The molecular weight excluding hydrogens is 178 g/mol. The number of hydrogen-bond donors (Lipinski definition) is 1. The van der Waals surface area contributed by atoms with Gasteiger partial charge in [0, 0.05) is 6.54 Å². The molecule has 0 heterocycles. The highest BCUT2D eigenvalue weighted by atomic mass is 16.5. The topological polar surface area (TPSA) is 44.5 Å². The lowest BCUT2D eigenvalue weighted by molar-refractivity contribution is 0.144. The number of hydrogen-bond acceptors (Lipinski definition) is 3. The van der Waals surface area contributed by atoms with E-state index in [1.165, 1.54) is 5.56 Å². The molecule has 3 heteroatoms. The highest BCUT2D eigenvalue weighted by Crippen LogP contribution is 2.17. The van der Waals surface area contributed by atoms with E-state index in [0.29, 0.717) is 19.8 Å². The fraction of sp³-hybridized carbons (Fsp3) is 0.455. The van der Waals surface area contributed by atoms with Gasteiger partial charge in [-0.1, -0.05) is 18.2 Å². The number of ether oxygens (including phenoxy) is 2. The molecular formula is C11H17NO2. The number of para-hydroxylation sites is 1. The summed E-state index contributed by atoms with van der Waals surface area (Å²) in [6.07, 6.45) is 0.865. The SMILES string of the molecule is COc1ccccc1CCOCCN. The van der Waals surface area contributed by atoms with Crippen molar-refractivity contribution in [3.63, 3.8) is 0 Å². The molecule has 0 aliphatic rings. The van der Waals surface area contributed by atoms with Crippen LogP contribution in [0.5, 0.6) is 5.75 Å². The minimum atomic E-state index is 0.575. The Kier molecular flexibility index (Phi) is 5.04. The van der Waals surface area contributed by atoms with Gasteiger partial charge >= 0.3 is 0 Å². The van der Waals surface area contributed by atoms with Gasteiger partial charge in [-0.05, 0) is 18.1 Å². The molecule has 2 N–H and O–H groups in total. The molecule has 0 amide bonds. The van der Waals surface area contributed by atoms with Crippen LogP contribution in [0.25, 0.3) is 0 Å². The van der Waals surface area contributed by atoms with Gasteiger partial charge in [-0.2, -0.15) is 0 Å². The summed E-state index contributed by atoms with van der Waals surface area (Å²) in [5, 5.41) is 0. The largest absolute Gasteiger partial charge is 0.496 e. The van der Waals surface area contributed by atoms with Crippen LogP contribution in [0.15, 0.2) is 24.3 Å². The summed E-state index contributed by atoms with van der Waals surface area (Å²) in [4.78, 5) is 0. The molecule has 0 atom stereocenters. The average molecular weight is 195 g/mol. The molecule has 0 aromatic heterocycles. The van der Waals surface area contributed by atoms with Gasteiger partial charge in [-0.3, -0.25) is 0 Å². The molecule has 0 bridgehead atoms. The van der Waals surface area contributed by atoms with Gasteiger partial charge in [0.1, 0.15) is 5.75 Å². The second-order valence-corrected chi connectivity index (χ2v) is 2.96. The Morgan fingerprint density at radius 1 is 1.21 bits per heavy atom. The standard InChI is InChI=1S/C11H17NO2/c1-13-11-5-3-2-4-10(11)6-8-14-9-7-12/h2-5H,6-9,12H2,1H3. The van der Waals surface area contributed by atoms with Crippen molar-refractivity contribution in [2.45, 2.75) is 6.42 Å². The van der Waals surface area contributed by atoms with Gasteiger partial charge in [-0.25, -0.2) is 0 Å². The Labute approximate surface area is 84.8 Å². The second-order valence-electron chi connectivity index (χ2n) is 2.96. The van der Waals surface area contributed by atoms with Crippen LogP contribution in [0.3, 0.4) is 0 Å². The maximum absolute atomic E-state index is 5.31. The summed E-state index contributed by atoms with van der Waals surface area (Å²) >= 11 is 0. The molecule has 78 valence electrons. The first kappa shape index (κ1) is 11.0. The third-order valence-electron chi connectivity index (χ3n) is 1.97. The summed E-state index contributed by atoms with van der Waals surface area (Å²) in [6.45, 7) is 1.89. The van der Waals surface area contributed by atoms with Crippen molar-refractivity contribution < 1.29 is 9.47 Å². The molecule has 0 saturated heterocycles. The van der Waals surface area contributed by atoms with E-state index in [1.54, 1.807) is 7.11 Å². The molecule has 0 aliphatic heterocycles. The predicted molar refractivity (Wildman–Crippen MR) is 56.6 cm³/mol. The van der Waals surface area contributed by atoms with E-state index in [1.807, 2.05) is 24.3 Å². The molecule has 3 nitrogen and oxygen atoms in total. The van der Waals surface area contributed by atoms with Gasteiger partial charge < -0.3 is 15.2 Å². The van der Waals surface area contributed by atoms with E-state index in [9.17, 15) is 0 Å². The minimum absolute atomic E-state index is 0.575. The van der Waals surface area contributed by atoms with Crippen molar-refractivity contribution in [3.05, 3.63) is 29.8 Å². The minimum Gasteiger partial charge on any atom is -0.496 e. The Balaban J connectivity index is 2.41. The molecule has 14 heavy (non-hydrogen) atoms. The summed E-state index contributed by atoms with van der Waals surface area (Å²) < 4.78 is 10.5. The Bertz CT molecular complexity index is 263. The van der Waals surface area contributed by atoms with Crippen LogP contribution in [0.1, 0.15) is 5.56 Å². The van der Waals surface area contributed by atoms with Crippen LogP contribution in [-0.2, 0) is 11.2 Å². The molecule has 0 aliphatic carbocycles. The van der Waals surface area contributed by atoms with E-state index < -0.39 is 0 Å². The average Bonchev–Trinajstić information content (AvgIpc) is 2.25. The Morgan fingerprint density at radius 2 is 2.00 bits per heavy atom. The van der Waals surface area contributed by atoms with Gasteiger partial charge in [0.25, 0.3) is 0 Å². The van der Waals surface area contributed by atoms with E-state index in [2.05, 4.69) is 0 Å². The maximum Gasteiger partial charge on any atom is 0.122 e. The van der Waals surface area contributed by atoms with Crippen molar-refractivity contribution >= 4 is 0 Å². The summed E-state index contributed by atoms with van der Waals surface area (Å²) in [7, 11) is 1.68. The van der Waals surface area contributed by atoms with Crippen LogP contribution in [-0.4, -0.2) is 26.9 Å². The summed E-state index contributed by atoms with van der Waals surface area (Å²) in [6, 6.07) is 7.97. The smallest absolute Gasteiger partial charge is 0.122 e. The first-order chi connectivity index (χ1) is 6.88. The van der Waals surface area contributed by atoms with Crippen molar-refractivity contribution in [2.75, 3.05) is 26.9 Å². The van der Waals surface area contributed by atoms with E-state index >= 15 is 0 Å². The number of benzene rings is 1. The zero-order valence-corrected chi connectivity index (χ0v) is 8.53. The fourth-order valence-electron chi connectivity index (χ4n) is 1.28. The summed E-state index contributed by atoms with van der Waals surface area (Å²) in [5.41, 5.74) is 6.49. The van der Waals surface area contributed by atoms with Gasteiger partial charge in [0.2, 0.25) is 0 Å². The van der Waals surface area contributed by atoms with E-state index in [0.717, 1.165) is 12.2 Å². The first-order valence-electron chi connectivity index (χ1n) is 4.78. The van der Waals surface area contributed by atoms with Crippen LogP contribution < -0.4 is 10.5 Å². The molecule has 0 unspecified atom stereocenters. The normalized spacial score (nSPS) is 10.1. The predicted octanol–water partition coefficient (Wildman–Crippen LogP) is 1.21. The van der Waals surface area contributed by atoms with E-state index in [-0.39, 0.29) is 0 Å². The molecule has 1 rings (SSSR count). The first-order valence-corrected chi connectivity index (χ1v) is 4.78. The zero-order chi connectivity index (χ0) is 10.2. The number of rotatable bonds is 6. The molecule has 0 radical (unpaired) electrons. The van der Waals surface area contributed by atoms with E-state index in [4.69, 9.17) is 15.2 Å². The fourth-order valence-corrected chi connectivity index (χ4v) is 1.28. The van der Waals surface area contributed by atoms with Gasteiger partial charge in [-0.15, -0.1) is 0 Å². The highest BCUT2D eigenvalue weighted by molar-refractivity contribution is 5.33. The summed E-state index contributed by atoms with van der Waals surface area (Å²) in [5.74, 6) is 0.920. The lowest BCUT2D eigenvalue weighted by atomic mass is 10.1. The van der Waals surface area contributed by atoms with Crippen molar-refractivity contribution in [2.24, 2.45) is 5.73 Å². The zero-order valence-electron chi connectivity index (χ0n) is 8.53. The van der Waals surface area contributed by atoms with Crippen LogP contribution in [0.2, 0.25) is 0 Å². The molecule has 1 aromatic rings. The molecule has 0 spiro atoms. The third kappa shape index (κ3) is 3.36. The van der Waals surface area contributed by atoms with Gasteiger partial charge in [0.05, 0.1) is 20.3 Å². The number of methoxy groups -OCH3 is 1. The van der Waals surface area contributed by atoms with Crippen molar-refractivity contribution in [1.82, 2.24) is 0 Å². The number of nitrogens with two attached hydrogens (primary N) is 1. The van der Waals surface area contributed by atoms with Gasteiger partial charge in [0.15, 0.2) is 0 Å². The van der Waals surface area contributed by atoms with Crippen molar-refractivity contribution in [1.29, 1.82) is 0 Å². The Morgan fingerprint density at radius 3 is 2.71 bits per heavy atom. The highest BCUT2D eigenvalue weighted by Gasteiger charge is 2.00. The quantitative estimate of drug-likeness (QED) is 0.694. The maximum atomic E-state index is 5.31. The van der Waals surface area contributed by atoms with Crippen LogP contribution >= 0.6 is 0 Å². The molecule has 0 fully saturated rings. The Hall–Kier alpha value is -1.06.